The van der Waals surface area contributed by atoms with Gasteiger partial charge in [0.15, 0.2) is 0 Å². The number of aliphatic carboxylic acids is 1. The number of hydrogen-bond donors (Lipinski definition) is 1. The number of carboxylic acid groups (broad SMARTS) is 1. The van der Waals surface area contributed by atoms with Gasteiger partial charge in [-0.2, -0.15) is 0 Å². The number of nitro groups is 1. The number of hydrogen-bond acceptors (Lipinski definition) is 5. The van der Waals surface area contributed by atoms with Crippen molar-refractivity contribution in [3.05, 3.63) is 40.1 Å². The van der Waals surface area contributed by atoms with Gasteiger partial charge in [0.1, 0.15) is 18.1 Å². The van der Waals surface area contributed by atoms with Crippen LogP contribution in [0, 0.1) is 10.1 Å². The SMILES string of the molecule is O=C(O)/C=C1/CCN(c2cccnc2[N+](=O)[O-])CC1F. The molecule has 7 nitrogen and oxygen atoms in total. The normalized spacial score (nSPS) is 20.9. The lowest BCUT2D eigenvalue weighted by molar-refractivity contribution is -0.388. The minimum Gasteiger partial charge on any atom is -0.478 e. The fourth-order valence-corrected chi connectivity index (χ4v) is 2.14. The molecule has 106 valence electrons. The van der Waals surface area contributed by atoms with Crippen LogP contribution in [0.15, 0.2) is 30.0 Å². The molecule has 1 aliphatic heterocycles. The Hall–Kier alpha value is -2.51. The van der Waals surface area contributed by atoms with Crippen LogP contribution in [0.3, 0.4) is 0 Å². The lowest BCUT2D eigenvalue weighted by atomic mass is 10.0. The summed E-state index contributed by atoms with van der Waals surface area (Å²) in [5, 5.41) is 19.5. The number of nitrogens with zero attached hydrogens (tertiary/aromatic N) is 3. The minimum absolute atomic E-state index is 0.119. The second kappa shape index (κ2) is 5.64. The number of anilines is 1. The van der Waals surface area contributed by atoms with E-state index in [0.717, 1.165) is 6.08 Å². The molecule has 1 aromatic rings. The average Bonchev–Trinajstić information content (AvgIpc) is 2.40. The second-order valence-corrected chi connectivity index (χ2v) is 4.32. The van der Waals surface area contributed by atoms with E-state index in [1.165, 1.54) is 23.2 Å². The van der Waals surface area contributed by atoms with Gasteiger partial charge in [-0.1, -0.05) is 0 Å². The molecule has 1 unspecified atom stereocenters. The summed E-state index contributed by atoms with van der Waals surface area (Å²) in [5.41, 5.74) is 0.440. The van der Waals surface area contributed by atoms with Crippen molar-refractivity contribution >= 4 is 17.5 Å². The van der Waals surface area contributed by atoms with Gasteiger partial charge in [0, 0.05) is 12.6 Å². The van der Waals surface area contributed by atoms with Gasteiger partial charge in [0.2, 0.25) is 0 Å². The van der Waals surface area contributed by atoms with Gasteiger partial charge >= 0.3 is 11.8 Å². The Morgan fingerprint density at radius 3 is 3.00 bits per heavy atom. The summed E-state index contributed by atoms with van der Waals surface area (Å²) in [6.07, 6.45) is 0.910. The van der Waals surface area contributed by atoms with Crippen LogP contribution in [-0.4, -0.2) is 40.2 Å². The molecule has 1 atom stereocenters. The Morgan fingerprint density at radius 1 is 1.65 bits per heavy atom. The van der Waals surface area contributed by atoms with Gasteiger partial charge in [-0.25, -0.2) is 9.18 Å². The first-order chi connectivity index (χ1) is 9.49. The molecule has 0 aromatic carbocycles. The van der Waals surface area contributed by atoms with Crippen LogP contribution < -0.4 is 4.90 Å². The molecule has 1 N–H and O–H groups in total. The zero-order valence-electron chi connectivity index (χ0n) is 10.4. The number of piperidine rings is 1. The maximum atomic E-state index is 13.9. The van der Waals surface area contributed by atoms with Gasteiger partial charge in [-0.15, -0.1) is 0 Å². The maximum Gasteiger partial charge on any atom is 0.387 e. The van der Waals surface area contributed by atoms with Crippen LogP contribution in [0.2, 0.25) is 0 Å². The van der Waals surface area contributed by atoms with Crippen molar-refractivity contribution in [1.29, 1.82) is 0 Å². The molecule has 20 heavy (non-hydrogen) atoms. The highest BCUT2D eigenvalue weighted by atomic mass is 19.1. The third-order valence-electron chi connectivity index (χ3n) is 3.04. The molecule has 0 radical (unpaired) electrons. The van der Waals surface area contributed by atoms with E-state index in [4.69, 9.17) is 5.11 Å². The van der Waals surface area contributed by atoms with Crippen molar-refractivity contribution in [3.63, 3.8) is 0 Å². The zero-order chi connectivity index (χ0) is 14.7. The smallest absolute Gasteiger partial charge is 0.387 e. The van der Waals surface area contributed by atoms with Crippen LogP contribution in [-0.2, 0) is 4.79 Å². The summed E-state index contributed by atoms with van der Waals surface area (Å²) in [7, 11) is 0. The van der Waals surface area contributed by atoms with E-state index >= 15 is 0 Å². The highest BCUT2D eigenvalue weighted by Gasteiger charge is 2.28. The molecule has 1 saturated heterocycles. The lowest BCUT2D eigenvalue weighted by Crippen LogP contribution is -2.38. The van der Waals surface area contributed by atoms with Crippen molar-refractivity contribution < 1.29 is 19.2 Å². The molecular weight excluding hydrogens is 269 g/mol. The molecule has 1 aromatic heterocycles. The lowest BCUT2D eigenvalue weighted by Gasteiger charge is -2.31. The molecule has 1 aliphatic rings. The molecular formula is C12H12FN3O4. The Labute approximate surface area is 113 Å². The van der Waals surface area contributed by atoms with Gasteiger partial charge in [-0.05, 0) is 34.0 Å². The van der Waals surface area contributed by atoms with Crippen LogP contribution in [0.5, 0.6) is 0 Å². The van der Waals surface area contributed by atoms with E-state index in [-0.39, 0.29) is 30.0 Å². The fourth-order valence-electron chi connectivity index (χ4n) is 2.14. The Bertz CT molecular complexity index is 576. The van der Waals surface area contributed by atoms with E-state index in [0.29, 0.717) is 6.54 Å². The fraction of sp³-hybridized carbons (Fsp3) is 0.333. The standard InChI is InChI=1S/C12H12FN3O4/c13-9-7-15(5-3-8(9)6-11(17)18)10-2-1-4-14-12(10)16(19)20/h1-2,4,6,9H,3,5,7H2,(H,17,18)/b8-6-. The first-order valence-corrected chi connectivity index (χ1v) is 5.91. The van der Waals surface area contributed by atoms with Crippen molar-refractivity contribution in [1.82, 2.24) is 4.98 Å². The van der Waals surface area contributed by atoms with Gasteiger partial charge in [-0.3, -0.25) is 0 Å². The van der Waals surface area contributed by atoms with Crippen molar-refractivity contribution in [2.24, 2.45) is 0 Å². The monoisotopic (exact) mass is 281 g/mol. The number of carbonyl (C=O) groups is 1. The van der Waals surface area contributed by atoms with E-state index < -0.39 is 17.1 Å². The minimum atomic E-state index is -1.46. The molecule has 0 spiro atoms. The predicted molar refractivity (Wildman–Crippen MR) is 68.3 cm³/mol. The number of halogens is 1. The molecule has 1 fully saturated rings. The highest BCUT2D eigenvalue weighted by Crippen LogP contribution is 2.30. The summed E-state index contributed by atoms with van der Waals surface area (Å²) in [5.74, 6) is -1.52. The average molecular weight is 281 g/mol. The molecule has 8 heteroatoms. The first-order valence-electron chi connectivity index (χ1n) is 5.91. The van der Waals surface area contributed by atoms with Crippen LogP contribution >= 0.6 is 0 Å². The Kier molecular flexibility index (Phi) is 3.92. The van der Waals surface area contributed by atoms with Crippen LogP contribution in [0.1, 0.15) is 6.42 Å². The van der Waals surface area contributed by atoms with Crippen molar-refractivity contribution in [2.75, 3.05) is 18.0 Å². The van der Waals surface area contributed by atoms with Crippen molar-refractivity contribution in [2.45, 2.75) is 12.6 Å². The number of rotatable bonds is 3. The highest BCUT2D eigenvalue weighted by molar-refractivity contribution is 5.81. The third-order valence-corrected chi connectivity index (χ3v) is 3.04. The summed E-state index contributed by atoms with van der Waals surface area (Å²) < 4.78 is 13.9. The number of pyridine rings is 1. The largest absolute Gasteiger partial charge is 0.478 e. The topological polar surface area (TPSA) is 96.6 Å². The molecule has 0 aliphatic carbocycles. The van der Waals surface area contributed by atoms with E-state index in [9.17, 15) is 19.3 Å². The Balaban J connectivity index is 2.22. The first kappa shape index (κ1) is 13.9. The summed E-state index contributed by atoms with van der Waals surface area (Å²) in [6, 6.07) is 3.04. The van der Waals surface area contributed by atoms with E-state index in [1.54, 1.807) is 0 Å². The number of alkyl halides is 1. The molecule has 2 heterocycles. The van der Waals surface area contributed by atoms with Crippen LogP contribution in [0.25, 0.3) is 0 Å². The maximum absolute atomic E-state index is 13.9. The van der Waals surface area contributed by atoms with E-state index in [2.05, 4.69) is 4.98 Å². The zero-order valence-corrected chi connectivity index (χ0v) is 10.4. The Morgan fingerprint density at radius 2 is 2.40 bits per heavy atom. The van der Waals surface area contributed by atoms with Gasteiger partial charge in [0.05, 0.1) is 6.54 Å². The molecule has 0 saturated carbocycles. The quantitative estimate of drug-likeness (QED) is 0.513. The van der Waals surface area contributed by atoms with E-state index in [1.807, 2.05) is 0 Å². The summed E-state index contributed by atoms with van der Waals surface area (Å²) in [6.45, 7) is 0.192. The van der Waals surface area contributed by atoms with Gasteiger partial charge < -0.3 is 20.1 Å². The van der Waals surface area contributed by atoms with Gasteiger partial charge in [0.25, 0.3) is 0 Å². The summed E-state index contributed by atoms with van der Waals surface area (Å²) >= 11 is 0. The second-order valence-electron chi connectivity index (χ2n) is 4.32. The summed E-state index contributed by atoms with van der Waals surface area (Å²) in [4.78, 5) is 26.0. The number of carboxylic acids is 1. The predicted octanol–water partition coefficient (Wildman–Crippen LogP) is 1.55. The third kappa shape index (κ3) is 2.90. The molecule has 0 amide bonds. The molecule has 0 bridgehead atoms. The molecule has 2 rings (SSSR count). The number of aromatic nitrogens is 1. The van der Waals surface area contributed by atoms with Crippen molar-refractivity contribution in [3.8, 4) is 0 Å². The van der Waals surface area contributed by atoms with Crippen LogP contribution in [0.4, 0.5) is 15.9 Å².